The Morgan fingerprint density at radius 3 is 2.54 bits per heavy atom. The lowest BCUT2D eigenvalue weighted by Gasteiger charge is -2.19. The molecule has 0 saturated carbocycles. The summed E-state index contributed by atoms with van der Waals surface area (Å²) in [7, 11) is -1.89. The lowest BCUT2D eigenvalue weighted by atomic mass is 10.2. The molecule has 0 bridgehead atoms. The molecule has 1 aliphatic heterocycles. The minimum Gasteiger partial charge on any atom is -0.497 e. The number of amides is 2. The topological polar surface area (TPSA) is 97.0 Å². The van der Waals surface area contributed by atoms with Crippen molar-refractivity contribution in [2.24, 2.45) is 0 Å². The Kier molecular flexibility index (Phi) is 7.89. The van der Waals surface area contributed by atoms with Gasteiger partial charge in [-0.05, 0) is 53.4 Å². The Labute approximate surface area is 205 Å². The van der Waals surface area contributed by atoms with Crippen LogP contribution in [0.25, 0.3) is 0 Å². The molecule has 2 N–H and O–H groups in total. The zero-order chi connectivity index (χ0) is 24.7. The fourth-order valence-corrected chi connectivity index (χ4v) is 5.35. The van der Waals surface area contributed by atoms with Crippen LogP contribution < -0.4 is 19.7 Å². The Morgan fingerprint density at radius 1 is 0.971 bits per heavy atom. The molecule has 35 heavy (non-hydrogen) atoms. The summed E-state index contributed by atoms with van der Waals surface area (Å²) in [5, 5.41) is 5.38. The van der Waals surface area contributed by atoms with Gasteiger partial charge in [0.25, 0.3) is 0 Å². The van der Waals surface area contributed by atoms with Crippen molar-refractivity contribution < 1.29 is 22.7 Å². The highest BCUT2D eigenvalue weighted by molar-refractivity contribution is 7.92. The molecule has 3 aromatic carbocycles. The number of sulfonamides is 1. The van der Waals surface area contributed by atoms with Gasteiger partial charge in [0.1, 0.15) is 5.75 Å². The zero-order valence-corrected chi connectivity index (χ0v) is 20.4. The van der Waals surface area contributed by atoms with Crippen LogP contribution in [0.15, 0.2) is 72.8 Å². The molecule has 0 spiro atoms. The number of benzene rings is 3. The highest BCUT2D eigenvalue weighted by Crippen LogP contribution is 2.29. The molecule has 0 unspecified atom stereocenters. The van der Waals surface area contributed by atoms with Gasteiger partial charge in [-0.3, -0.25) is 4.31 Å². The van der Waals surface area contributed by atoms with E-state index in [1.54, 1.807) is 13.2 Å². The van der Waals surface area contributed by atoms with E-state index in [0.717, 1.165) is 28.1 Å². The standard InChI is InChI=1S/C26H29N3O5S/c1-33-24-11-9-20(10-12-24)18-34-19-21-5-4-7-23(17-21)28-26(30)27-14-16-35(31,32)29-15-13-22-6-2-3-8-25(22)29/h2-12,17H,13-16,18-19H2,1H3,(H2,27,28,30). The smallest absolute Gasteiger partial charge is 0.319 e. The minimum absolute atomic E-state index is 0.0114. The fraction of sp³-hybridized carbons (Fsp3) is 0.269. The summed E-state index contributed by atoms with van der Waals surface area (Å²) in [5.41, 5.74) is 4.29. The molecule has 184 valence electrons. The van der Waals surface area contributed by atoms with Crippen LogP contribution in [0.1, 0.15) is 16.7 Å². The number of methoxy groups -OCH3 is 1. The number of nitrogens with zero attached hydrogens (tertiary/aromatic N) is 1. The third-order valence-corrected chi connectivity index (χ3v) is 7.48. The monoisotopic (exact) mass is 495 g/mol. The highest BCUT2D eigenvalue weighted by atomic mass is 32.2. The van der Waals surface area contributed by atoms with Crippen LogP contribution in [-0.2, 0) is 34.4 Å². The summed E-state index contributed by atoms with van der Waals surface area (Å²) in [6.07, 6.45) is 0.698. The number of carbonyl (C=O) groups is 1. The number of rotatable bonds is 10. The van der Waals surface area contributed by atoms with Gasteiger partial charge in [0.2, 0.25) is 10.0 Å². The number of carbonyl (C=O) groups excluding carboxylic acids is 1. The first-order valence-electron chi connectivity index (χ1n) is 11.4. The Morgan fingerprint density at radius 2 is 1.74 bits per heavy atom. The van der Waals surface area contributed by atoms with Crippen molar-refractivity contribution in [1.82, 2.24) is 5.32 Å². The van der Waals surface area contributed by atoms with Crippen LogP contribution in [0.2, 0.25) is 0 Å². The SMILES string of the molecule is COc1ccc(COCc2cccc(NC(=O)NCCS(=O)(=O)N3CCc4ccccc43)c2)cc1. The summed E-state index contributed by atoms with van der Waals surface area (Å²) in [5.74, 6) is 0.623. The van der Waals surface area contributed by atoms with Gasteiger partial charge in [0.15, 0.2) is 0 Å². The van der Waals surface area contributed by atoms with Crippen LogP contribution >= 0.6 is 0 Å². The van der Waals surface area contributed by atoms with Gasteiger partial charge < -0.3 is 20.1 Å². The molecule has 4 rings (SSSR count). The molecule has 0 saturated heterocycles. The second-order valence-corrected chi connectivity index (χ2v) is 10.2. The van der Waals surface area contributed by atoms with Gasteiger partial charge in [-0.25, -0.2) is 13.2 Å². The zero-order valence-electron chi connectivity index (χ0n) is 19.6. The van der Waals surface area contributed by atoms with Crippen molar-refractivity contribution in [2.75, 3.05) is 35.6 Å². The van der Waals surface area contributed by atoms with Gasteiger partial charge in [-0.1, -0.05) is 42.5 Å². The summed E-state index contributed by atoms with van der Waals surface area (Å²) in [6, 6.07) is 22.0. The number of hydrogen-bond donors (Lipinski definition) is 2. The van der Waals surface area contributed by atoms with E-state index >= 15 is 0 Å². The van der Waals surface area contributed by atoms with Crippen LogP contribution in [0, 0.1) is 0 Å². The van der Waals surface area contributed by atoms with Crippen molar-refractivity contribution in [3.63, 3.8) is 0 Å². The number of hydrogen-bond acceptors (Lipinski definition) is 5. The van der Waals surface area contributed by atoms with Gasteiger partial charge >= 0.3 is 6.03 Å². The number of urea groups is 1. The number of nitrogens with one attached hydrogen (secondary N) is 2. The van der Waals surface area contributed by atoms with Gasteiger partial charge in [0, 0.05) is 18.8 Å². The molecule has 8 nitrogen and oxygen atoms in total. The van der Waals surface area contributed by atoms with E-state index in [1.807, 2.05) is 66.7 Å². The number of ether oxygens (including phenoxy) is 2. The largest absolute Gasteiger partial charge is 0.497 e. The van der Waals surface area contributed by atoms with E-state index < -0.39 is 16.1 Å². The van der Waals surface area contributed by atoms with Crippen molar-refractivity contribution in [3.8, 4) is 5.75 Å². The fourth-order valence-electron chi connectivity index (χ4n) is 3.92. The first-order chi connectivity index (χ1) is 16.9. The molecule has 3 aromatic rings. The molecule has 0 fully saturated rings. The summed E-state index contributed by atoms with van der Waals surface area (Å²) in [6.45, 7) is 1.29. The third kappa shape index (κ3) is 6.52. The van der Waals surface area contributed by atoms with E-state index in [9.17, 15) is 13.2 Å². The van der Waals surface area contributed by atoms with E-state index in [4.69, 9.17) is 9.47 Å². The minimum atomic E-state index is -3.52. The second-order valence-electron chi connectivity index (χ2n) is 8.19. The lowest BCUT2D eigenvalue weighted by Crippen LogP contribution is -2.38. The Bertz CT molecular complexity index is 1260. The molecule has 1 aliphatic rings. The van der Waals surface area contributed by atoms with E-state index in [1.165, 1.54) is 4.31 Å². The first-order valence-corrected chi connectivity index (χ1v) is 13.0. The van der Waals surface area contributed by atoms with E-state index in [-0.39, 0.29) is 12.3 Å². The van der Waals surface area contributed by atoms with Gasteiger partial charge in [0.05, 0.1) is 31.8 Å². The highest BCUT2D eigenvalue weighted by Gasteiger charge is 2.28. The van der Waals surface area contributed by atoms with Gasteiger partial charge in [-0.15, -0.1) is 0 Å². The number of anilines is 2. The van der Waals surface area contributed by atoms with Gasteiger partial charge in [-0.2, -0.15) is 0 Å². The number of para-hydroxylation sites is 1. The van der Waals surface area contributed by atoms with Crippen molar-refractivity contribution in [1.29, 1.82) is 0 Å². The molecule has 2 amide bonds. The van der Waals surface area contributed by atoms with Crippen LogP contribution in [0.5, 0.6) is 5.75 Å². The van der Waals surface area contributed by atoms with Crippen molar-refractivity contribution >= 4 is 27.4 Å². The second kappa shape index (κ2) is 11.2. The maximum absolute atomic E-state index is 12.7. The molecular formula is C26H29N3O5S. The molecule has 0 aliphatic carbocycles. The van der Waals surface area contributed by atoms with E-state index in [0.29, 0.717) is 31.9 Å². The Hall–Kier alpha value is -3.56. The average Bonchev–Trinajstić information content (AvgIpc) is 3.30. The number of fused-ring (bicyclic) bond motifs is 1. The molecule has 9 heteroatoms. The molecular weight excluding hydrogens is 466 g/mol. The third-order valence-electron chi connectivity index (χ3n) is 5.71. The first kappa shape index (κ1) is 24.6. The lowest BCUT2D eigenvalue weighted by molar-refractivity contribution is 0.107. The quantitative estimate of drug-likeness (QED) is 0.444. The summed E-state index contributed by atoms with van der Waals surface area (Å²) >= 11 is 0. The summed E-state index contributed by atoms with van der Waals surface area (Å²) < 4.78 is 37.9. The van der Waals surface area contributed by atoms with Crippen LogP contribution in [0.4, 0.5) is 16.2 Å². The van der Waals surface area contributed by atoms with Crippen LogP contribution in [0.3, 0.4) is 0 Å². The normalized spacial score (nSPS) is 12.8. The van der Waals surface area contributed by atoms with Crippen LogP contribution in [-0.4, -0.2) is 40.4 Å². The maximum atomic E-state index is 12.7. The molecule has 0 aromatic heterocycles. The van der Waals surface area contributed by atoms with E-state index in [2.05, 4.69) is 10.6 Å². The maximum Gasteiger partial charge on any atom is 0.319 e. The molecule has 1 heterocycles. The van der Waals surface area contributed by atoms with Crippen molar-refractivity contribution in [3.05, 3.63) is 89.5 Å². The molecule has 0 atom stereocenters. The summed E-state index contributed by atoms with van der Waals surface area (Å²) in [4.78, 5) is 12.3. The molecule has 0 radical (unpaired) electrons. The predicted octanol–water partition coefficient (Wildman–Crippen LogP) is 3.93. The van der Waals surface area contributed by atoms with Crippen molar-refractivity contribution in [2.45, 2.75) is 19.6 Å². The predicted molar refractivity (Wildman–Crippen MR) is 136 cm³/mol. The average molecular weight is 496 g/mol. The Balaban J connectivity index is 1.22.